The fourth-order valence-electron chi connectivity index (χ4n) is 3.41. The Labute approximate surface area is 185 Å². The van der Waals surface area contributed by atoms with Crippen molar-refractivity contribution in [1.29, 1.82) is 0 Å². The number of carbonyl (C=O) groups excluding carboxylic acids is 1. The summed E-state index contributed by atoms with van der Waals surface area (Å²) in [6, 6.07) is 12.1. The standard InChI is InChI=1S/C22H24FN3O2S.ClH/c1-16-3-5-17(6-4-16)21(27)26(10-2-9-25-11-13-28-14-12-25)22-24-19-8-7-18(23)15-20(19)29-22;/h3-8,15H,2,9-14H2,1H3;1H. The van der Waals surface area contributed by atoms with E-state index in [1.54, 1.807) is 11.0 Å². The van der Waals surface area contributed by atoms with Gasteiger partial charge in [0.25, 0.3) is 5.91 Å². The predicted octanol–water partition coefficient (Wildman–Crippen LogP) is 4.53. The van der Waals surface area contributed by atoms with E-state index in [0.717, 1.165) is 49.5 Å². The first kappa shape index (κ1) is 22.6. The van der Waals surface area contributed by atoms with Crippen molar-refractivity contribution in [2.75, 3.05) is 44.3 Å². The number of thiazole rings is 1. The maximum atomic E-state index is 13.6. The maximum absolute atomic E-state index is 13.6. The van der Waals surface area contributed by atoms with E-state index in [4.69, 9.17) is 4.74 Å². The van der Waals surface area contributed by atoms with Gasteiger partial charge in [0, 0.05) is 31.7 Å². The molecule has 0 spiro atoms. The Balaban J connectivity index is 0.00000256. The van der Waals surface area contributed by atoms with Crippen LogP contribution in [0.5, 0.6) is 0 Å². The fraction of sp³-hybridized carbons (Fsp3) is 0.364. The van der Waals surface area contributed by atoms with Crippen LogP contribution in [0, 0.1) is 12.7 Å². The molecule has 0 N–H and O–H groups in total. The number of halogens is 2. The summed E-state index contributed by atoms with van der Waals surface area (Å²) < 4.78 is 19.7. The fourth-order valence-corrected chi connectivity index (χ4v) is 4.43. The van der Waals surface area contributed by atoms with Crippen molar-refractivity contribution in [3.63, 3.8) is 0 Å². The molecular formula is C22H25ClFN3O2S. The Kier molecular flexibility index (Phi) is 7.77. The van der Waals surface area contributed by atoms with Crippen molar-refractivity contribution in [3.8, 4) is 0 Å². The summed E-state index contributed by atoms with van der Waals surface area (Å²) in [5.74, 6) is -0.372. The van der Waals surface area contributed by atoms with Crippen LogP contribution in [0.3, 0.4) is 0 Å². The molecule has 5 nitrogen and oxygen atoms in total. The second-order valence-corrected chi connectivity index (χ2v) is 8.25. The number of hydrogen-bond acceptors (Lipinski definition) is 5. The van der Waals surface area contributed by atoms with E-state index in [1.807, 2.05) is 31.2 Å². The van der Waals surface area contributed by atoms with E-state index >= 15 is 0 Å². The average Bonchev–Trinajstić information content (AvgIpc) is 3.15. The first-order valence-electron chi connectivity index (χ1n) is 9.85. The van der Waals surface area contributed by atoms with Gasteiger partial charge in [-0.3, -0.25) is 14.6 Å². The zero-order valence-electron chi connectivity index (χ0n) is 16.8. The Morgan fingerprint density at radius 1 is 1.20 bits per heavy atom. The summed E-state index contributed by atoms with van der Waals surface area (Å²) in [7, 11) is 0. The number of rotatable bonds is 6. The molecule has 0 bridgehead atoms. The van der Waals surface area contributed by atoms with Crippen molar-refractivity contribution in [2.24, 2.45) is 0 Å². The van der Waals surface area contributed by atoms with Crippen molar-refractivity contribution < 1.29 is 13.9 Å². The first-order valence-corrected chi connectivity index (χ1v) is 10.7. The topological polar surface area (TPSA) is 45.7 Å². The van der Waals surface area contributed by atoms with Crippen LogP contribution >= 0.6 is 23.7 Å². The van der Waals surface area contributed by atoms with Gasteiger partial charge < -0.3 is 4.74 Å². The largest absolute Gasteiger partial charge is 0.379 e. The molecule has 1 aliphatic heterocycles. The highest BCUT2D eigenvalue weighted by atomic mass is 35.5. The third-order valence-electron chi connectivity index (χ3n) is 5.07. The minimum atomic E-state index is -0.295. The van der Waals surface area contributed by atoms with Gasteiger partial charge in [-0.05, 0) is 43.7 Å². The molecule has 1 saturated heterocycles. The zero-order valence-corrected chi connectivity index (χ0v) is 18.5. The van der Waals surface area contributed by atoms with E-state index < -0.39 is 0 Å². The van der Waals surface area contributed by atoms with Crippen molar-refractivity contribution in [3.05, 3.63) is 59.4 Å². The molecule has 0 saturated carbocycles. The van der Waals surface area contributed by atoms with Gasteiger partial charge >= 0.3 is 0 Å². The monoisotopic (exact) mass is 449 g/mol. The molecule has 1 aromatic heterocycles. The summed E-state index contributed by atoms with van der Waals surface area (Å²) in [6.45, 7) is 6.83. The highest BCUT2D eigenvalue weighted by Crippen LogP contribution is 2.30. The van der Waals surface area contributed by atoms with Crippen LogP contribution in [0.1, 0.15) is 22.3 Å². The molecule has 0 radical (unpaired) electrons. The molecule has 0 unspecified atom stereocenters. The van der Waals surface area contributed by atoms with Gasteiger partial charge in [-0.15, -0.1) is 12.4 Å². The maximum Gasteiger partial charge on any atom is 0.260 e. The molecule has 2 heterocycles. The van der Waals surface area contributed by atoms with Gasteiger partial charge in [0.05, 0.1) is 23.4 Å². The normalized spacial score (nSPS) is 14.5. The lowest BCUT2D eigenvalue weighted by atomic mass is 10.1. The number of hydrogen-bond donors (Lipinski definition) is 0. The summed E-state index contributed by atoms with van der Waals surface area (Å²) in [4.78, 5) is 22.0. The third kappa shape index (κ3) is 5.35. The van der Waals surface area contributed by atoms with Crippen LogP contribution in [-0.4, -0.2) is 55.2 Å². The summed E-state index contributed by atoms with van der Waals surface area (Å²) in [5.41, 5.74) is 2.45. The number of nitrogens with zero attached hydrogens (tertiary/aromatic N) is 3. The van der Waals surface area contributed by atoms with Gasteiger partial charge in [0.2, 0.25) is 0 Å². The number of anilines is 1. The van der Waals surface area contributed by atoms with E-state index in [1.165, 1.54) is 23.5 Å². The van der Waals surface area contributed by atoms with Crippen LogP contribution < -0.4 is 4.90 Å². The van der Waals surface area contributed by atoms with Crippen molar-refractivity contribution in [2.45, 2.75) is 13.3 Å². The Hall–Kier alpha value is -2.06. The lowest BCUT2D eigenvalue weighted by molar-refractivity contribution is 0.0376. The number of ether oxygens (including phenoxy) is 1. The molecule has 160 valence electrons. The second-order valence-electron chi connectivity index (χ2n) is 7.24. The predicted molar refractivity (Wildman–Crippen MR) is 122 cm³/mol. The van der Waals surface area contributed by atoms with Gasteiger partial charge in [-0.2, -0.15) is 0 Å². The number of aryl methyl sites for hydroxylation is 1. The summed E-state index contributed by atoms with van der Waals surface area (Å²) >= 11 is 1.35. The Morgan fingerprint density at radius 3 is 2.67 bits per heavy atom. The van der Waals surface area contributed by atoms with Gasteiger partial charge in [-0.25, -0.2) is 9.37 Å². The van der Waals surface area contributed by atoms with Crippen LogP contribution in [-0.2, 0) is 4.74 Å². The number of fused-ring (bicyclic) bond motifs is 1. The van der Waals surface area contributed by atoms with Gasteiger partial charge in [0.15, 0.2) is 5.13 Å². The SMILES string of the molecule is Cc1ccc(C(=O)N(CCCN2CCOCC2)c2nc3ccc(F)cc3s2)cc1.Cl. The molecule has 8 heteroatoms. The molecule has 1 fully saturated rings. The highest BCUT2D eigenvalue weighted by molar-refractivity contribution is 7.22. The molecule has 1 amide bonds. The van der Waals surface area contributed by atoms with Crippen LogP contribution in [0.25, 0.3) is 10.2 Å². The summed E-state index contributed by atoms with van der Waals surface area (Å²) in [5, 5.41) is 0.609. The number of amides is 1. The number of benzene rings is 2. The number of aromatic nitrogens is 1. The average molecular weight is 450 g/mol. The lowest BCUT2D eigenvalue weighted by Crippen LogP contribution is -2.39. The van der Waals surface area contributed by atoms with Crippen molar-refractivity contribution >= 4 is 45.0 Å². The lowest BCUT2D eigenvalue weighted by Gasteiger charge is -2.27. The minimum Gasteiger partial charge on any atom is -0.379 e. The molecule has 3 aromatic rings. The molecule has 30 heavy (non-hydrogen) atoms. The Morgan fingerprint density at radius 2 is 1.93 bits per heavy atom. The second kappa shape index (κ2) is 10.3. The highest BCUT2D eigenvalue weighted by Gasteiger charge is 2.22. The summed E-state index contributed by atoms with van der Waals surface area (Å²) in [6.07, 6.45) is 0.835. The zero-order chi connectivity index (χ0) is 20.2. The first-order chi connectivity index (χ1) is 14.1. The van der Waals surface area contributed by atoms with Gasteiger partial charge in [-0.1, -0.05) is 29.0 Å². The molecule has 4 rings (SSSR count). The quantitative estimate of drug-likeness (QED) is 0.554. The molecule has 0 atom stereocenters. The smallest absolute Gasteiger partial charge is 0.260 e. The van der Waals surface area contributed by atoms with Crippen LogP contribution in [0.4, 0.5) is 9.52 Å². The van der Waals surface area contributed by atoms with E-state index in [9.17, 15) is 9.18 Å². The molecule has 2 aromatic carbocycles. The number of carbonyl (C=O) groups is 1. The Bertz CT molecular complexity index is 990. The van der Waals surface area contributed by atoms with E-state index in [0.29, 0.717) is 22.8 Å². The molecule has 1 aliphatic rings. The van der Waals surface area contributed by atoms with Crippen molar-refractivity contribution in [1.82, 2.24) is 9.88 Å². The molecule has 0 aliphatic carbocycles. The van der Waals surface area contributed by atoms with E-state index in [-0.39, 0.29) is 24.1 Å². The van der Waals surface area contributed by atoms with Crippen LogP contribution in [0.15, 0.2) is 42.5 Å². The third-order valence-corrected chi connectivity index (χ3v) is 6.11. The van der Waals surface area contributed by atoms with Crippen LogP contribution in [0.2, 0.25) is 0 Å². The minimum absolute atomic E-state index is 0. The van der Waals surface area contributed by atoms with E-state index in [2.05, 4.69) is 9.88 Å². The number of morpholine rings is 1. The molecular weight excluding hydrogens is 425 g/mol. The van der Waals surface area contributed by atoms with Gasteiger partial charge in [0.1, 0.15) is 5.82 Å².